The molecule has 1 aliphatic carbocycles. The minimum absolute atomic E-state index is 0.0145. The molecule has 1 aromatic carbocycles. The number of nitrogens with zero attached hydrogens (tertiary/aromatic N) is 4. The van der Waals surface area contributed by atoms with Gasteiger partial charge >= 0.3 is 0 Å². The second kappa shape index (κ2) is 10.4. The Hall–Kier alpha value is -3.27. The molecule has 36 heavy (non-hydrogen) atoms. The highest BCUT2D eigenvalue weighted by molar-refractivity contribution is 5.95. The molecule has 2 N–H and O–H groups in total. The van der Waals surface area contributed by atoms with Gasteiger partial charge in [-0.3, -0.25) is 19.8 Å². The predicted molar refractivity (Wildman–Crippen MR) is 130 cm³/mol. The van der Waals surface area contributed by atoms with Crippen molar-refractivity contribution in [2.24, 2.45) is 18.9 Å². The quantitative estimate of drug-likeness (QED) is 0.674. The van der Waals surface area contributed by atoms with Crippen molar-refractivity contribution in [2.45, 2.75) is 44.6 Å². The van der Waals surface area contributed by atoms with Crippen molar-refractivity contribution >= 4 is 17.7 Å². The van der Waals surface area contributed by atoms with Crippen LogP contribution < -0.4 is 10.9 Å². The molecule has 3 heterocycles. The van der Waals surface area contributed by atoms with Crippen LogP contribution in [0.25, 0.3) is 0 Å². The number of aryl methyl sites for hydroxylation is 1. The number of carbonyl (C=O) groups excluding carboxylic acids is 3. The van der Waals surface area contributed by atoms with Gasteiger partial charge in [0.15, 0.2) is 0 Å². The van der Waals surface area contributed by atoms with Crippen LogP contribution in [0, 0.1) is 17.7 Å². The number of rotatable bonds is 4. The third-order valence-electron chi connectivity index (χ3n) is 7.88. The van der Waals surface area contributed by atoms with Gasteiger partial charge in [0.25, 0.3) is 11.8 Å². The summed E-state index contributed by atoms with van der Waals surface area (Å²) in [6, 6.07) is 4.78. The highest BCUT2D eigenvalue weighted by Crippen LogP contribution is 2.35. The summed E-state index contributed by atoms with van der Waals surface area (Å²) in [5.41, 5.74) is 7.38. The van der Waals surface area contributed by atoms with E-state index in [1.807, 2.05) is 0 Å². The van der Waals surface area contributed by atoms with Crippen molar-refractivity contribution in [2.75, 3.05) is 26.2 Å². The van der Waals surface area contributed by atoms with Crippen molar-refractivity contribution < 1.29 is 18.8 Å². The summed E-state index contributed by atoms with van der Waals surface area (Å²) in [7, 11) is 1.77. The Bertz CT molecular complexity index is 1150. The molecule has 3 fully saturated rings. The zero-order valence-corrected chi connectivity index (χ0v) is 20.6. The van der Waals surface area contributed by atoms with Crippen LogP contribution in [0.4, 0.5) is 4.39 Å². The van der Waals surface area contributed by atoms with E-state index in [1.165, 1.54) is 6.07 Å². The zero-order chi connectivity index (χ0) is 25.2. The lowest BCUT2D eigenvalue weighted by Crippen LogP contribution is -2.60. The first-order valence-electron chi connectivity index (χ1n) is 12.8. The predicted octanol–water partition coefficient (Wildman–Crippen LogP) is 1.90. The normalized spacial score (nSPS) is 24.6. The van der Waals surface area contributed by atoms with Gasteiger partial charge in [-0.05, 0) is 49.3 Å². The van der Waals surface area contributed by atoms with Crippen molar-refractivity contribution in [3.63, 3.8) is 0 Å². The molecule has 3 atom stereocenters. The van der Waals surface area contributed by atoms with Gasteiger partial charge in [-0.25, -0.2) is 14.8 Å². The van der Waals surface area contributed by atoms with E-state index in [2.05, 4.69) is 15.8 Å². The number of hydrogen-bond acceptors (Lipinski definition) is 5. The lowest BCUT2D eigenvalue weighted by Gasteiger charge is -2.41. The monoisotopic (exact) mass is 496 g/mol. The van der Waals surface area contributed by atoms with Gasteiger partial charge < -0.3 is 14.4 Å². The number of aromatic nitrogens is 2. The lowest BCUT2D eigenvalue weighted by molar-refractivity contribution is -0.133. The molecule has 0 bridgehead atoms. The first-order valence-corrected chi connectivity index (χ1v) is 12.8. The summed E-state index contributed by atoms with van der Waals surface area (Å²) >= 11 is 0. The van der Waals surface area contributed by atoms with Crippen LogP contribution in [0.1, 0.15) is 58.5 Å². The SMILES string of the molecule is Cn1cncc1C(=O)N1CCCN(C(=O)c2cc(CC3NNC(=O)C4CCCCC34)ccc2F)CC1. The Balaban J connectivity index is 1.26. The molecule has 192 valence electrons. The van der Waals surface area contributed by atoms with Crippen molar-refractivity contribution in [3.8, 4) is 0 Å². The maximum atomic E-state index is 14.8. The van der Waals surface area contributed by atoms with Gasteiger partial charge in [0.1, 0.15) is 11.5 Å². The van der Waals surface area contributed by atoms with Crippen molar-refractivity contribution in [1.82, 2.24) is 30.2 Å². The average molecular weight is 497 g/mol. The Kier molecular flexibility index (Phi) is 7.04. The van der Waals surface area contributed by atoms with E-state index in [0.717, 1.165) is 31.2 Å². The van der Waals surface area contributed by atoms with Crippen molar-refractivity contribution in [1.29, 1.82) is 0 Å². The van der Waals surface area contributed by atoms with E-state index in [9.17, 15) is 18.8 Å². The fourth-order valence-corrected chi connectivity index (χ4v) is 5.87. The summed E-state index contributed by atoms with van der Waals surface area (Å²) in [5, 5.41) is 0. The van der Waals surface area contributed by atoms with E-state index in [1.54, 1.807) is 46.1 Å². The van der Waals surface area contributed by atoms with Crippen LogP contribution in [-0.4, -0.2) is 69.3 Å². The number of benzene rings is 1. The smallest absolute Gasteiger partial charge is 0.272 e. The average Bonchev–Trinajstić information content (AvgIpc) is 3.17. The number of imidazole rings is 1. The van der Waals surface area contributed by atoms with Gasteiger partial charge in [0, 0.05) is 45.2 Å². The van der Waals surface area contributed by atoms with E-state index in [0.29, 0.717) is 44.7 Å². The molecule has 3 unspecified atom stereocenters. The number of hydrogen-bond donors (Lipinski definition) is 2. The Labute approximate surface area is 210 Å². The summed E-state index contributed by atoms with van der Waals surface area (Å²) in [6.07, 6.45) is 8.41. The Morgan fingerprint density at radius 2 is 1.81 bits per heavy atom. The molecular formula is C26H33FN6O3. The first kappa shape index (κ1) is 24.4. The molecule has 2 saturated heterocycles. The van der Waals surface area contributed by atoms with Crippen LogP contribution in [-0.2, 0) is 18.3 Å². The molecule has 0 radical (unpaired) electrons. The molecular weight excluding hydrogens is 463 g/mol. The summed E-state index contributed by atoms with van der Waals surface area (Å²) < 4.78 is 16.5. The number of nitrogens with one attached hydrogen (secondary N) is 2. The minimum Gasteiger partial charge on any atom is -0.337 e. The van der Waals surface area contributed by atoms with E-state index >= 15 is 0 Å². The van der Waals surface area contributed by atoms with E-state index in [4.69, 9.17) is 0 Å². The molecule has 2 aromatic rings. The summed E-state index contributed by atoms with van der Waals surface area (Å²) in [4.78, 5) is 45.8. The molecule has 3 amide bonds. The van der Waals surface area contributed by atoms with Crippen LogP contribution in [0.15, 0.2) is 30.7 Å². The third-order valence-corrected chi connectivity index (χ3v) is 7.88. The lowest BCUT2D eigenvalue weighted by atomic mass is 9.72. The number of fused-ring (bicyclic) bond motifs is 1. The molecule has 1 aromatic heterocycles. The fraction of sp³-hybridized carbons (Fsp3) is 0.538. The zero-order valence-electron chi connectivity index (χ0n) is 20.6. The number of hydrazine groups is 1. The largest absolute Gasteiger partial charge is 0.337 e. The van der Waals surface area contributed by atoms with Crippen LogP contribution in [0.2, 0.25) is 0 Å². The molecule has 9 nitrogen and oxygen atoms in total. The molecule has 3 aliphatic rings. The first-order chi connectivity index (χ1) is 17.4. The highest BCUT2D eigenvalue weighted by Gasteiger charge is 2.40. The molecule has 0 spiro atoms. The summed E-state index contributed by atoms with van der Waals surface area (Å²) in [5.74, 6) is -0.708. The number of halogens is 1. The molecule has 5 rings (SSSR count). The minimum atomic E-state index is -0.545. The number of carbonyl (C=O) groups is 3. The topological polar surface area (TPSA) is 99.6 Å². The fourth-order valence-electron chi connectivity index (χ4n) is 5.87. The maximum absolute atomic E-state index is 14.8. The third kappa shape index (κ3) is 4.86. The van der Waals surface area contributed by atoms with Gasteiger partial charge in [-0.15, -0.1) is 0 Å². The second-order valence-corrected chi connectivity index (χ2v) is 10.1. The van der Waals surface area contributed by atoms with E-state index in [-0.39, 0.29) is 41.2 Å². The summed E-state index contributed by atoms with van der Waals surface area (Å²) in [6.45, 7) is 1.70. The van der Waals surface area contributed by atoms with Crippen molar-refractivity contribution in [3.05, 3.63) is 53.4 Å². The Morgan fingerprint density at radius 3 is 2.56 bits per heavy atom. The number of amides is 3. The standard InChI is InChI=1S/C26H33FN6O3/c1-31-16-28-15-23(31)26(36)33-10-4-9-32(11-12-33)25(35)20-13-17(7-8-21(20)27)14-22-18-5-2-3-6-19(18)24(34)30-29-22/h7-8,13,15-16,18-19,22,29H,2-6,9-12,14H2,1H3,(H,30,34). The highest BCUT2D eigenvalue weighted by atomic mass is 19.1. The van der Waals surface area contributed by atoms with Crippen LogP contribution in [0.3, 0.4) is 0 Å². The molecule has 1 saturated carbocycles. The second-order valence-electron chi connectivity index (χ2n) is 10.1. The van der Waals surface area contributed by atoms with Gasteiger partial charge in [-0.1, -0.05) is 18.9 Å². The van der Waals surface area contributed by atoms with E-state index < -0.39 is 5.82 Å². The van der Waals surface area contributed by atoms with Crippen LogP contribution >= 0.6 is 0 Å². The van der Waals surface area contributed by atoms with Gasteiger partial charge in [0.05, 0.1) is 18.1 Å². The van der Waals surface area contributed by atoms with Gasteiger partial charge in [0.2, 0.25) is 5.91 Å². The maximum Gasteiger partial charge on any atom is 0.272 e. The molecule has 10 heteroatoms. The Morgan fingerprint density at radius 1 is 1.06 bits per heavy atom. The van der Waals surface area contributed by atoms with Crippen LogP contribution in [0.5, 0.6) is 0 Å². The van der Waals surface area contributed by atoms with Gasteiger partial charge in [-0.2, -0.15) is 0 Å². The molecule has 2 aliphatic heterocycles.